The molecule has 2 atom stereocenters. The maximum absolute atomic E-state index is 5.74. The number of likely N-dealkylation sites (N-methyl/N-ethyl adjacent to an activating group) is 1. The monoisotopic (exact) mass is 329 g/mol. The van der Waals surface area contributed by atoms with Crippen molar-refractivity contribution in [2.45, 2.75) is 32.1 Å². The van der Waals surface area contributed by atoms with Crippen molar-refractivity contribution in [1.29, 1.82) is 0 Å². The Hall–Kier alpha value is -1.55. The zero-order chi connectivity index (χ0) is 16.8. The van der Waals surface area contributed by atoms with Crippen molar-refractivity contribution >= 4 is 5.96 Å². The van der Waals surface area contributed by atoms with Crippen LogP contribution in [0, 0.1) is 11.8 Å². The molecule has 1 aromatic rings. The second-order valence-corrected chi connectivity index (χ2v) is 7.15. The molecule has 1 aromatic carbocycles. The molecule has 0 heterocycles. The van der Waals surface area contributed by atoms with Gasteiger partial charge in [0.15, 0.2) is 5.96 Å². The number of nitrogens with one attached hydrogen (secondary N) is 1. The van der Waals surface area contributed by atoms with Crippen LogP contribution in [0.25, 0.3) is 0 Å². The molecule has 3 rings (SSSR count). The second kappa shape index (κ2) is 8.52. The van der Waals surface area contributed by atoms with Crippen LogP contribution in [0.4, 0.5) is 0 Å². The summed E-state index contributed by atoms with van der Waals surface area (Å²) < 4.78 is 5.74. The Kier molecular flexibility index (Phi) is 6.13. The average Bonchev–Trinajstić information content (AvgIpc) is 3.51. The van der Waals surface area contributed by atoms with Gasteiger partial charge in [0.1, 0.15) is 0 Å². The van der Waals surface area contributed by atoms with Crippen molar-refractivity contribution in [2.75, 3.05) is 39.9 Å². The van der Waals surface area contributed by atoms with Crippen LogP contribution in [-0.2, 0) is 4.74 Å². The number of benzene rings is 1. The largest absolute Gasteiger partial charge is 0.379 e. The predicted molar refractivity (Wildman–Crippen MR) is 99.4 cm³/mol. The maximum Gasteiger partial charge on any atom is 0.193 e. The standard InChI is InChI=1S/C20H31N3O/c1-3-21-20(23(2)11-12-24-15-16-9-10-16)22-14-18-13-19(18)17-7-5-4-6-8-17/h4-8,16,18-19H,3,9-15H2,1-2H3,(H,21,22). The molecule has 0 bridgehead atoms. The molecule has 2 saturated carbocycles. The molecule has 4 heteroatoms. The van der Waals surface area contributed by atoms with Crippen molar-refractivity contribution < 1.29 is 4.74 Å². The third-order valence-electron chi connectivity index (χ3n) is 4.94. The Morgan fingerprint density at radius 2 is 2.08 bits per heavy atom. The molecule has 0 aromatic heterocycles. The summed E-state index contributed by atoms with van der Waals surface area (Å²) in [6, 6.07) is 10.8. The third kappa shape index (κ3) is 5.23. The van der Waals surface area contributed by atoms with Crippen molar-refractivity contribution in [3.05, 3.63) is 35.9 Å². The number of hydrogen-bond donors (Lipinski definition) is 1. The van der Waals surface area contributed by atoms with E-state index in [-0.39, 0.29) is 0 Å². The fourth-order valence-electron chi connectivity index (χ4n) is 3.07. The Morgan fingerprint density at radius 1 is 1.29 bits per heavy atom. The van der Waals surface area contributed by atoms with E-state index in [4.69, 9.17) is 9.73 Å². The summed E-state index contributed by atoms with van der Waals surface area (Å²) >= 11 is 0. The van der Waals surface area contributed by atoms with E-state index in [0.29, 0.717) is 11.8 Å². The predicted octanol–water partition coefficient (Wildman–Crippen LogP) is 3.11. The van der Waals surface area contributed by atoms with Gasteiger partial charge in [-0.05, 0) is 49.5 Å². The molecular formula is C20H31N3O. The lowest BCUT2D eigenvalue weighted by Gasteiger charge is -2.22. The van der Waals surface area contributed by atoms with Gasteiger partial charge in [-0.25, -0.2) is 0 Å². The molecule has 2 fully saturated rings. The minimum Gasteiger partial charge on any atom is -0.379 e. The fourth-order valence-corrected chi connectivity index (χ4v) is 3.07. The minimum absolute atomic E-state index is 0.695. The van der Waals surface area contributed by atoms with Crippen molar-refractivity contribution in [3.63, 3.8) is 0 Å². The van der Waals surface area contributed by atoms with E-state index >= 15 is 0 Å². The first kappa shape index (κ1) is 17.3. The molecule has 4 nitrogen and oxygen atoms in total. The molecule has 0 spiro atoms. The fraction of sp³-hybridized carbons (Fsp3) is 0.650. The van der Waals surface area contributed by atoms with E-state index < -0.39 is 0 Å². The van der Waals surface area contributed by atoms with Crippen molar-refractivity contribution in [1.82, 2.24) is 10.2 Å². The lowest BCUT2D eigenvalue weighted by atomic mass is 10.1. The van der Waals surface area contributed by atoms with Crippen LogP contribution in [0.15, 0.2) is 35.3 Å². The normalized spacial score (nSPS) is 23.2. The van der Waals surface area contributed by atoms with E-state index in [1.54, 1.807) is 0 Å². The summed E-state index contributed by atoms with van der Waals surface area (Å²) in [6.07, 6.45) is 3.97. The summed E-state index contributed by atoms with van der Waals surface area (Å²) in [6.45, 7) is 6.55. The topological polar surface area (TPSA) is 36.9 Å². The first-order valence-electron chi connectivity index (χ1n) is 9.40. The molecule has 0 amide bonds. The second-order valence-electron chi connectivity index (χ2n) is 7.15. The van der Waals surface area contributed by atoms with Crippen LogP contribution in [0.2, 0.25) is 0 Å². The highest BCUT2D eigenvalue weighted by atomic mass is 16.5. The highest BCUT2D eigenvalue weighted by molar-refractivity contribution is 5.79. The molecule has 2 aliphatic carbocycles. The van der Waals surface area contributed by atoms with E-state index in [1.165, 1.54) is 24.8 Å². The summed E-state index contributed by atoms with van der Waals surface area (Å²) in [5, 5.41) is 3.40. The first-order chi connectivity index (χ1) is 11.8. The van der Waals surface area contributed by atoms with Gasteiger partial charge in [0.05, 0.1) is 6.61 Å². The number of ether oxygens (including phenoxy) is 1. The lowest BCUT2D eigenvalue weighted by molar-refractivity contribution is 0.115. The molecule has 24 heavy (non-hydrogen) atoms. The number of aliphatic imine (C=N–C) groups is 1. The molecule has 0 radical (unpaired) electrons. The van der Waals surface area contributed by atoms with Gasteiger partial charge in [-0.3, -0.25) is 4.99 Å². The van der Waals surface area contributed by atoms with E-state index in [1.807, 2.05) is 0 Å². The Labute approximate surface area is 146 Å². The van der Waals surface area contributed by atoms with Crippen LogP contribution in [-0.4, -0.2) is 50.8 Å². The van der Waals surface area contributed by atoms with Crippen LogP contribution < -0.4 is 5.32 Å². The van der Waals surface area contributed by atoms with Gasteiger partial charge < -0.3 is 15.0 Å². The van der Waals surface area contributed by atoms with Gasteiger partial charge in [-0.1, -0.05) is 30.3 Å². The van der Waals surface area contributed by atoms with Gasteiger partial charge >= 0.3 is 0 Å². The Morgan fingerprint density at radius 3 is 2.79 bits per heavy atom. The average molecular weight is 329 g/mol. The number of nitrogens with zero attached hydrogens (tertiary/aromatic N) is 2. The van der Waals surface area contributed by atoms with Gasteiger partial charge in [-0.2, -0.15) is 0 Å². The highest BCUT2D eigenvalue weighted by Gasteiger charge is 2.37. The molecule has 132 valence electrons. The molecule has 2 unspecified atom stereocenters. The highest BCUT2D eigenvalue weighted by Crippen LogP contribution is 2.47. The molecule has 2 aliphatic rings. The number of rotatable bonds is 9. The zero-order valence-corrected chi connectivity index (χ0v) is 15.1. The quantitative estimate of drug-likeness (QED) is 0.430. The van der Waals surface area contributed by atoms with Crippen LogP contribution in [0.3, 0.4) is 0 Å². The van der Waals surface area contributed by atoms with Gasteiger partial charge in [0.25, 0.3) is 0 Å². The van der Waals surface area contributed by atoms with Gasteiger partial charge in [0, 0.05) is 33.3 Å². The SMILES string of the molecule is CCNC(=NCC1CC1c1ccccc1)N(C)CCOCC1CC1. The third-order valence-corrected chi connectivity index (χ3v) is 4.94. The number of hydrogen-bond acceptors (Lipinski definition) is 2. The molecule has 1 N–H and O–H groups in total. The van der Waals surface area contributed by atoms with Crippen molar-refractivity contribution in [3.8, 4) is 0 Å². The van der Waals surface area contributed by atoms with E-state index in [9.17, 15) is 0 Å². The minimum atomic E-state index is 0.695. The maximum atomic E-state index is 5.74. The van der Waals surface area contributed by atoms with E-state index in [2.05, 4.69) is 54.5 Å². The van der Waals surface area contributed by atoms with E-state index in [0.717, 1.165) is 44.7 Å². The smallest absolute Gasteiger partial charge is 0.193 e. The Balaban J connectivity index is 1.42. The van der Waals surface area contributed by atoms with Gasteiger partial charge in [-0.15, -0.1) is 0 Å². The summed E-state index contributed by atoms with van der Waals surface area (Å²) in [5.74, 6) is 3.24. The lowest BCUT2D eigenvalue weighted by Crippen LogP contribution is -2.40. The summed E-state index contributed by atoms with van der Waals surface area (Å²) in [5.41, 5.74) is 1.46. The van der Waals surface area contributed by atoms with Gasteiger partial charge in [0.2, 0.25) is 0 Å². The van der Waals surface area contributed by atoms with Crippen LogP contribution in [0.5, 0.6) is 0 Å². The zero-order valence-electron chi connectivity index (χ0n) is 15.1. The molecule has 0 saturated heterocycles. The van der Waals surface area contributed by atoms with Crippen LogP contribution >= 0.6 is 0 Å². The molecule has 0 aliphatic heterocycles. The van der Waals surface area contributed by atoms with Crippen molar-refractivity contribution in [2.24, 2.45) is 16.8 Å². The molecular weight excluding hydrogens is 298 g/mol. The Bertz CT molecular complexity index is 527. The van der Waals surface area contributed by atoms with Crippen LogP contribution in [0.1, 0.15) is 37.7 Å². The summed E-state index contributed by atoms with van der Waals surface area (Å²) in [7, 11) is 2.10. The first-order valence-corrected chi connectivity index (χ1v) is 9.40. The number of guanidine groups is 1. The summed E-state index contributed by atoms with van der Waals surface area (Å²) in [4.78, 5) is 7.04.